The van der Waals surface area contributed by atoms with E-state index in [0.29, 0.717) is 6.04 Å². The summed E-state index contributed by atoms with van der Waals surface area (Å²) in [6.45, 7) is 5.56. The third kappa shape index (κ3) is 3.40. The second-order valence-corrected chi connectivity index (χ2v) is 7.33. The number of anilines is 1. The van der Waals surface area contributed by atoms with Crippen LogP contribution in [0.2, 0.25) is 0 Å². The van der Waals surface area contributed by atoms with Gasteiger partial charge in [-0.25, -0.2) is 9.97 Å². The van der Waals surface area contributed by atoms with Crippen LogP contribution in [0.3, 0.4) is 0 Å². The van der Waals surface area contributed by atoms with Crippen molar-refractivity contribution in [3.05, 3.63) is 42.5 Å². The minimum absolute atomic E-state index is 0.372. The van der Waals surface area contributed by atoms with E-state index < -0.39 is 5.60 Å². The van der Waals surface area contributed by atoms with Gasteiger partial charge in [-0.2, -0.15) is 0 Å². The smallest absolute Gasteiger partial charge is 0.145 e. The zero-order valence-electron chi connectivity index (χ0n) is 15.1. The molecule has 3 N–H and O–H groups in total. The van der Waals surface area contributed by atoms with E-state index in [0.717, 1.165) is 54.3 Å². The second-order valence-electron chi connectivity index (χ2n) is 7.33. The van der Waals surface area contributed by atoms with Crippen molar-refractivity contribution >= 4 is 11.5 Å². The van der Waals surface area contributed by atoms with Gasteiger partial charge < -0.3 is 15.7 Å². The van der Waals surface area contributed by atoms with Crippen LogP contribution in [-0.2, 0) is 5.60 Å². The van der Waals surface area contributed by atoms with E-state index in [1.54, 1.807) is 32.4 Å². The second kappa shape index (κ2) is 6.66. The summed E-state index contributed by atoms with van der Waals surface area (Å²) in [5, 5.41) is 17.2. The molecule has 0 saturated carbocycles. The highest BCUT2D eigenvalue weighted by atomic mass is 16.3. The lowest BCUT2D eigenvalue weighted by molar-refractivity contribution is 0.0782. The number of aromatic nitrogens is 4. The van der Waals surface area contributed by atoms with Crippen molar-refractivity contribution in [2.45, 2.75) is 38.3 Å². The third-order valence-corrected chi connectivity index (χ3v) is 4.76. The van der Waals surface area contributed by atoms with Crippen LogP contribution in [0.5, 0.6) is 0 Å². The van der Waals surface area contributed by atoms with Crippen molar-refractivity contribution in [1.29, 1.82) is 0 Å². The largest absolute Gasteiger partial charge is 0.386 e. The van der Waals surface area contributed by atoms with Gasteiger partial charge >= 0.3 is 0 Å². The van der Waals surface area contributed by atoms with Gasteiger partial charge in [0.1, 0.15) is 17.2 Å². The molecule has 1 aliphatic rings. The average Bonchev–Trinajstić information content (AvgIpc) is 3.05. The van der Waals surface area contributed by atoms with Crippen molar-refractivity contribution in [3.8, 4) is 11.4 Å². The van der Waals surface area contributed by atoms with Gasteiger partial charge in [0.2, 0.25) is 0 Å². The summed E-state index contributed by atoms with van der Waals surface area (Å²) in [5.74, 6) is 0.768. The molecular formula is C19H24N6O. The van der Waals surface area contributed by atoms with E-state index in [4.69, 9.17) is 4.98 Å². The highest BCUT2D eigenvalue weighted by Crippen LogP contribution is 2.24. The van der Waals surface area contributed by atoms with E-state index in [1.165, 1.54) is 0 Å². The maximum Gasteiger partial charge on any atom is 0.145 e. The molecule has 0 amide bonds. The van der Waals surface area contributed by atoms with Crippen LogP contribution in [-0.4, -0.2) is 43.6 Å². The van der Waals surface area contributed by atoms with Gasteiger partial charge in [-0.05, 0) is 44.9 Å². The molecule has 1 aliphatic heterocycles. The normalized spacial score (nSPS) is 18.2. The molecule has 0 radical (unpaired) electrons. The number of nitrogens with one attached hydrogen (secondary N) is 2. The summed E-state index contributed by atoms with van der Waals surface area (Å²) in [7, 11) is 0. The Bertz CT molecular complexity index is 908. The molecule has 0 bridgehead atoms. The Morgan fingerprint density at radius 3 is 2.92 bits per heavy atom. The molecule has 1 unspecified atom stereocenters. The number of hydrogen-bond donors (Lipinski definition) is 3. The first-order chi connectivity index (χ1) is 12.5. The molecule has 1 saturated heterocycles. The summed E-state index contributed by atoms with van der Waals surface area (Å²) in [6.07, 6.45) is 9.49. The maximum absolute atomic E-state index is 10.3. The summed E-state index contributed by atoms with van der Waals surface area (Å²) < 4.78 is 1.95. The SMILES string of the molecule is CC(C)(O)c1ccc2ncc(-c3cncc(NC4CCCNC4)n3)n2c1. The van der Waals surface area contributed by atoms with Crippen LogP contribution in [0.25, 0.3) is 17.0 Å². The molecule has 4 heterocycles. The number of fused-ring (bicyclic) bond motifs is 1. The fourth-order valence-corrected chi connectivity index (χ4v) is 3.28. The first-order valence-corrected chi connectivity index (χ1v) is 9.00. The van der Waals surface area contributed by atoms with Gasteiger partial charge in [0.05, 0.1) is 29.9 Å². The Morgan fingerprint density at radius 1 is 1.27 bits per heavy atom. The van der Waals surface area contributed by atoms with Gasteiger partial charge in [0, 0.05) is 18.8 Å². The van der Waals surface area contributed by atoms with Crippen LogP contribution < -0.4 is 10.6 Å². The molecule has 3 aromatic heterocycles. The molecule has 1 fully saturated rings. The molecule has 7 heteroatoms. The van der Waals surface area contributed by atoms with Crippen LogP contribution >= 0.6 is 0 Å². The molecular weight excluding hydrogens is 328 g/mol. The number of piperidine rings is 1. The van der Waals surface area contributed by atoms with Crippen molar-refractivity contribution in [2.24, 2.45) is 0 Å². The van der Waals surface area contributed by atoms with E-state index in [1.807, 2.05) is 22.7 Å². The van der Waals surface area contributed by atoms with Crippen LogP contribution in [0.4, 0.5) is 5.82 Å². The number of aliphatic hydroxyl groups is 1. The number of pyridine rings is 1. The van der Waals surface area contributed by atoms with Crippen LogP contribution in [0.15, 0.2) is 36.9 Å². The predicted molar refractivity (Wildman–Crippen MR) is 101 cm³/mol. The van der Waals surface area contributed by atoms with E-state index in [9.17, 15) is 5.11 Å². The molecule has 0 spiro atoms. The summed E-state index contributed by atoms with van der Waals surface area (Å²) >= 11 is 0. The van der Waals surface area contributed by atoms with Crippen molar-refractivity contribution in [1.82, 2.24) is 24.7 Å². The predicted octanol–water partition coefficient (Wildman–Crippen LogP) is 2.18. The quantitative estimate of drug-likeness (QED) is 0.667. The fourth-order valence-electron chi connectivity index (χ4n) is 3.28. The third-order valence-electron chi connectivity index (χ3n) is 4.76. The molecule has 0 aromatic carbocycles. The lowest BCUT2D eigenvalue weighted by Gasteiger charge is -2.24. The lowest BCUT2D eigenvalue weighted by atomic mass is 10.0. The summed E-state index contributed by atoms with van der Waals surface area (Å²) in [6, 6.07) is 4.17. The Labute approximate surface area is 152 Å². The molecule has 26 heavy (non-hydrogen) atoms. The van der Waals surface area contributed by atoms with Crippen molar-refractivity contribution < 1.29 is 5.11 Å². The van der Waals surface area contributed by atoms with Gasteiger partial charge in [-0.1, -0.05) is 6.07 Å². The topological polar surface area (TPSA) is 87.4 Å². The van der Waals surface area contributed by atoms with Gasteiger partial charge in [0.15, 0.2) is 0 Å². The zero-order chi connectivity index (χ0) is 18.1. The molecule has 1 atom stereocenters. The first kappa shape index (κ1) is 16.9. The number of rotatable bonds is 4. The van der Waals surface area contributed by atoms with Crippen molar-refractivity contribution in [3.63, 3.8) is 0 Å². The monoisotopic (exact) mass is 352 g/mol. The molecule has 4 rings (SSSR count). The Kier molecular flexibility index (Phi) is 4.34. The highest BCUT2D eigenvalue weighted by molar-refractivity contribution is 5.61. The Balaban J connectivity index is 1.67. The first-order valence-electron chi connectivity index (χ1n) is 9.00. The van der Waals surface area contributed by atoms with E-state index >= 15 is 0 Å². The average molecular weight is 352 g/mol. The summed E-state index contributed by atoms with van der Waals surface area (Å²) in [4.78, 5) is 13.5. The molecule has 136 valence electrons. The molecule has 0 aliphatic carbocycles. The van der Waals surface area contributed by atoms with Crippen LogP contribution in [0, 0.1) is 0 Å². The lowest BCUT2D eigenvalue weighted by Crippen LogP contribution is -2.38. The van der Waals surface area contributed by atoms with Gasteiger partial charge in [-0.3, -0.25) is 9.38 Å². The van der Waals surface area contributed by atoms with Gasteiger partial charge in [-0.15, -0.1) is 0 Å². The molecule has 3 aromatic rings. The minimum atomic E-state index is -0.918. The number of hydrogen-bond acceptors (Lipinski definition) is 6. The van der Waals surface area contributed by atoms with Gasteiger partial charge in [0.25, 0.3) is 0 Å². The van der Waals surface area contributed by atoms with Crippen LogP contribution in [0.1, 0.15) is 32.3 Å². The standard InChI is InChI=1S/C19H24N6O/c1-19(2,26)13-5-6-18-22-10-16(25(18)12-13)15-9-21-11-17(24-15)23-14-4-3-7-20-8-14/h5-6,9-12,14,20,26H,3-4,7-8H2,1-2H3,(H,23,24). The Hall–Kier alpha value is -2.51. The summed E-state index contributed by atoms with van der Waals surface area (Å²) in [5.41, 5.74) is 2.31. The fraction of sp³-hybridized carbons (Fsp3) is 0.421. The number of imidazole rings is 1. The highest BCUT2D eigenvalue weighted by Gasteiger charge is 2.18. The molecule has 7 nitrogen and oxygen atoms in total. The van der Waals surface area contributed by atoms with E-state index in [2.05, 4.69) is 20.6 Å². The zero-order valence-corrected chi connectivity index (χ0v) is 15.1. The number of nitrogens with zero attached hydrogens (tertiary/aromatic N) is 4. The maximum atomic E-state index is 10.3. The minimum Gasteiger partial charge on any atom is -0.386 e. The van der Waals surface area contributed by atoms with Crippen molar-refractivity contribution in [2.75, 3.05) is 18.4 Å². The Morgan fingerprint density at radius 2 is 2.15 bits per heavy atom. The van der Waals surface area contributed by atoms with E-state index in [-0.39, 0.29) is 0 Å².